The quantitative estimate of drug-likeness (QED) is 0.793. The van der Waals surface area contributed by atoms with Crippen LogP contribution in [0.4, 0.5) is 0 Å². The van der Waals surface area contributed by atoms with Gasteiger partial charge in [0.25, 0.3) is 0 Å². The topological polar surface area (TPSA) is 41.2 Å². The van der Waals surface area contributed by atoms with Crippen molar-refractivity contribution >= 4 is 5.97 Å². The first-order valence-electron chi connectivity index (χ1n) is 7.98. The molecule has 2 aromatic rings. The van der Waals surface area contributed by atoms with Gasteiger partial charge in [0.05, 0.1) is 0 Å². The van der Waals surface area contributed by atoms with Gasteiger partial charge in [-0.25, -0.2) is 4.79 Å². The maximum atomic E-state index is 11.2. The van der Waals surface area contributed by atoms with Gasteiger partial charge < -0.3 is 5.11 Å². The molecule has 116 valence electrons. The Morgan fingerprint density at radius 2 is 1.50 bits per heavy atom. The van der Waals surface area contributed by atoms with Gasteiger partial charge in [0.15, 0.2) is 11.4 Å². The van der Waals surface area contributed by atoms with Crippen molar-refractivity contribution in [2.45, 2.75) is 46.1 Å². The van der Waals surface area contributed by atoms with E-state index in [0.29, 0.717) is 0 Å². The summed E-state index contributed by atoms with van der Waals surface area (Å²) in [6.45, 7) is 4.29. The average Bonchev–Trinajstić information content (AvgIpc) is 2.51. The van der Waals surface area contributed by atoms with Crippen molar-refractivity contribution < 1.29 is 14.5 Å². The summed E-state index contributed by atoms with van der Waals surface area (Å²) in [6, 6.07) is 14.6. The Bertz CT molecular complexity index is 608. The highest BCUT2D eigenvalue weighted by atomic mass is 16.4. The maximum absolute atomic E-state index is 11.2. The number of carbonyl (C=O) groups is 1. The van der Waals surface area contributed by atoms with E-state index in [9.17, 15) is 9.90 Å². The molecule has 0 radical (unpaired) electrons. The molecule has 0 bridgehead atoms. The second-order valence-corrected chi connectivity index (χ2v) is 5.57. The number of benzene rings is 1. The van der Waals surface area contributed by atoms with E-state index in [0.717, 1.165) is 37.1 Å². The first-order chi connectivity index (χ1) is 10.7. The van der Waals surface area contributed by atoms with Gasteiger partial charge in [-0.05, 0) is 24.0 Å². The third-order valence-corrected chi connectivity index (χ3v) is 3.75. The lowest BCUT2D eigenvalue weighted by Gasteiger charge is -2.10. The van der Waals surface area contributed by atoms with Crippen molar-refractivity contribution in [3.63, 3.8) is 0 Å². The molecular formula is C19H24NO2+. The summed E-state index contributed by atoms with van der Waals surface area (Å²) in [5.41, 5.74) is 4.57. The molecule has 1 aromatic heterocycles. The summed E-state index contributed by atoms with van der Waals surface area (Å²) in [5.74, 6) is -0.785. The molecule has 0 saturated carbocycles. The molecule has 0 aliphatic rings. The normalized spacial score (nSPS) is 10.6. The maximum Gasteiger partial charge on any atom is 0.370 e. The molecule has 0 aliphatic heterocycles. The Kier molecular flexibility index (Phi) is 5.70. The predicted molar refractivity (Wildman–Crippen MR) is 87.7 cm³/mol. The van der Waals surface area contributed by atoms with Crippen LogP contribution in [0.2, 0.25) is 0 Å². The molecule has 3 heteroatoms. The van der Waals surface area contributed by atoms with Crippen LogP contribution >= 0.6 is 0 Å². The Labute approximate surface area is 132 Å². The Hall–Kier alpha value is -2.16. The van der Waals surface area contributed by atoms with Crippen LogP contribution in [0.25, 0.3) is 11.1 Å². The first-order valence-corrected chi connectivity index (χ1v) is 7.98. The first kappa shape index (κ1) is 16.2. The second-order valence-electron chi connectivity index (χ2n) is 5.57. The fourth-order valence-electron chi connectivity index (χ4n) is 2.80. The zero-order valence-electron chi connectivity index (χ0n) is 13.4. The molecular weight excluding hydrogens is 274 g/mol. The molecule has 0 amide bonds. The van der Waals surface area contributed by atoms with E-state index in [2.05, 4.69) is 38.1 Å². The minimum atomic E-state index is -0.785. The van der Waals surface area contributed by atoms with Gasteiger partial charge in [0.1, 0.15) is 0 Å². The lowest BCUT2D eigenvalue weighted by molar-refractivity contribution is -0.700. The summed E-state index contributed by atoms with van der Waals surface area (Å²) in [5, 5.41) is 9.22. The van der Waals surface area contributed by atoms with Gasteiger partial charge >= 0.3 is 5.97 Å². The van der Waals surface area contributed by atoms with Gasteiger partial charge in [-0.15, -0.1) is 0 Å². The predicted octanol–water partition coefficient (Wildman–Crippen LogP) is 3.63. The number of carboxylic acids is 1. The number of rotatable bonds is 7. The van der Waals surface area contributed by atoms with Crippen LogP contribution in [-0.4, -0.2) is 11.1 Å². The molecule has 2 rings (SSSR count). The summed E-state index contributed by atoms with van der Waals surface area (Å²) in [6.07, 6.45) is 3.79. The second kappa shape index (κ2) is 7.74. The van der Waals surface area contributed by atoms with Crippen molar-refractivity contribution in [3.05, 3.63) is 53.9 Å². The summed E-state index contributed by atoms with van der Waals surface area (Å²) < 4.78 is 1.97. The zero-order chi connectivity index (χ0) is 15.9. The lowest BCUT2D eigenvalue weighted by atomic mass is 10.0. The third kappa shape index (κ3) is 3.94. The molecule has 0 unspecified atom stereocenters. The largest absolute Gasteiger partial charge is 0.477 e. The fraction of sp³-hybridized carbons (Fsp3) is 0.368. The molecule has 1 heterocycles. The summed E-state index contributed by atoms with van der Waals surface area (Å²) in [7, 11) is 0. The minimum absolute atomic E-state index is 0.0414. The van der Waals surface area contributed by atoms with E-state index < -0.39 is 5.97 Å². The average molecular weight is 298 g/mol. The van der Waals surface area contributed by atoms with Crippen molar-refractivity contribution in [2.24, 2.45) is 0 Å². The number of nitrogens with zero attached hydrogens (tertiary/aromatic N) is 1. The van der Waals surface area contributed by atoms with Crippen LogP contribution in [0.15, 0.2) is 42.5 Å². The standard InChI is InChI=1S/C19H23NO2/c1-3-8-17-12-16(15-10-6-5-7-11-15)13-18(9-4-2)20(17)14-19(21)22/h5-7,10-13H,3-4,8-9,14H2,1-2H3/p+1. The number of hydrogen-bond acceptors (Lipinski definition) is 1. The Morgan fingerprint density at radius 3 is 1.95 bits per heavy atom. The molecule has 1 aromatic carbocycles. The number of hydrogen-bond donors (Lipinski definition) is 1. The monoisotopic (exact) mass is 298 g/mol. The van der Waals surface area contributed by atoms with Gasteiger partial charge in [0.2, 0.25) is 6.54 Å². The van der Waals surface area contributed by atoms with Gasteiger partial charge in [0, 0.05) is 25.0 Å². The van der Waals surface area contributed by atoms with Crippen LogP contribution in [0, 0.1) is 0 Å². The Morgan fingerprint density at radius 1 is 0.955 bits per heavy atom. The smallest absolute Gasteiger partial charge is 0.370 e. The van der Waals surface area contributed by atoms with E-state index in [4.69, 9.17) is 0 Å². The van der Waals surface area contributed by atoms with E-state index in [1.165, 1.54) is 11.1 Å². The van der Waals surface area contributed by atoms with Gasteiger partial charge in [-0.3, -0.25) is 0 Å². The van der Waals surface area contributed by atoms with Crippen molar-refractivity contribution in [2.75, 3.05) is 0 Å². The molecule has 22 heavy (non-hydrogen) atoms. The molecule has 0 atom stereocenters. The SMILES string of the molecule is CCCc1cc(-c2ccccc2)cc(CCC)[n+]1CC(=O)O. The highest BCUT2D eigenvalue weighted by Gasteiger charge is 2.21. The number of aliphatic carboxylic acids is 1. The molecule has 3 nitrogen and oxygen atoms in total. The van der Waals surface area contributed by atoms with Gasteiger partial charge in [-0.2, -0.15) is 4.57 Å². The minimum Gasteiger partial charge on any atom is -0.477 e. The third-order valence-electron chi connectivity index (χ3n) is 3.75. The number of aromatic nitrogens is 1. The van der Waals surface area contributed by atoms with Crippen molar-refractivity contribution in [1.29, 1.82) is 0 Å². The Balaban J connectivity index is 2.56. The zero-order valence-corrected chi connectivity index (χ0v) is 13.4. The van der Waals surface area contributed by atoms with Gasteiger partial charge in [-0.1, -0.05) is 44.2 Å². The van der Waals surface area contributed by atoms with E-state index >= 15 is 0 Å². The molecule has 0 fully saturated rings. The molecule has 0 aliphatic carbocycles. The highest BCUT2D eigenvalue weighted by Crippen LogP contribution is 2.21. The fourth-order valence-corrected chi connectivity index (χ4v) is 2.80. The number of carboxylic acid groups (broad SMARTS) is 1. The highest BCUT2D eigenvalue weighted by molar-refractivity contribution is 5.65. The summed E-state index contributed by atoms with van der Waals surface area (Å²) in [4.78, 5) is 11.2. The van der Waals surface area contributed by atoms with Crippen LogP contribution in [0.1, 0.15) is 38.1 Å². The molecule has 0 saturated heterocycles. The molecule has 0 spiro atoms. The van der Waals surface area contributed by atoms with Crippen molar-refractivity contribution in [1.82, 2.24) is 0 Å². The van der Waals surface area contributed by atoms with Crippen LogP contribution < -0.4 is 4.57 Å². The van der Waals surface area contributed by atoms with Crippen LogP contribution in [0.5, 0.6) is 0 Å². The van der Waals surface area contributed by atoms with Crippen LogP contribution in [0.3, 0.4) is 0 Å². The number of aryl methyl sites for hydroxylation is 2. The van der Waals surface area contributed by atoms with E-state index in [1.807, 2.05) is 22.8 Å². The molecule has 1 N–H and O–H groups in total. The van der Waals surface area contributed by atoms with Crippen molar-refractivity contribution in [3.8, 4) is 11.1 Å². The van der Waals surface area contributed by atoms with Crippen LogP contribution in [-0.2, 0) is 24.2 Å². The van der Waals surface area contributed by atoms with E-state index in [1.54, 1.807) is 0 Å². The summed E-state index contributed by atoms with van der Waals surface area (Å²) >= 11 is 0. The number of pyridine rings is 1. The van der Waals surface area contributed by atoms with E-state index in [-0.39, 0.29) is 6.54 Å². The lowest BCUT2D eigenvalue weighted by Crippen LogP contribution is -2.45.